The zero-order chi connectivity index (χ0) is 16.1. The number of carbonyl (C=O) groups is 3. The Bertz CT molecular complexity index is 551. The van der Waals surface area contributed by atoms with Crippen molar-refractivity contribution >= 4 is 17.8 Å². The molecule has 6 heteroatoms. The number of aliphatic carboxylic acids is 1. The standard InChI is InChI=1S/C16H20N2O4/c1-12(16(21)22)15(20)18-9-7-17(8-10-18)14(19)11-13-5-3-2-4-6-13/h2-6,12H,7-11H2,1H3,(H,21,22). The zero-order valence-electron chi connectivity index (χ0n) is 12.6. The second-order valence-corrected chi connectivity index (χ2v) is 5.43. The predicted molar refractivity (Wildman–Crippen MR) is 80.1 cm³/mol. The van der Waals surface area contributed by atoms with Gasteiger partial charge in [-0.15, -0.1) is 0 Å². The molecule has 0 aliphatic carbocycles. The molecule has 1 N–H and O–H groups in total. The van der Waals surface area contributed by atoms with E-state index in [1.807, 2.05) is 30.3 Å². The van der Waals surface area contributed by atoms with Crippen LogP contribution in [-0.4, -0.2) is 58.9 Å². The molecule has 0 spiro atoms. The molecule has 0 aromatic heterocycles. The molecule has 1 aliphatic heterocycles. The maximum Gasteiger partial charge on any atom is 0.315 e. The molecule has 1 unspecified atom stereocenters. The lowest BCUT2D eigenvalue weighted by Gasteiger charge is -2.35. The summed E-state index contributed by atoms with van der Waals surface area (Å²) in [5.41, 5.74) is 0.963. The average molecular weight is 304 g/mol. The second-order valence-electron chi connectivity index (χ2n) is 5.43. The first-order valence-corrected chi connectivity index (χ1v) is 7.32. The number of hydrogen-bond donors (Lipinski definition) is 1. The summed E-state index contributed by atoms with van der Waals surface area (Å²) < 4.78 is 0. The van der Waals surface area contributed by atoms with Crippen LogP contribution in [0.1, 0.15) is 12.5 Å². The fraction of sp³-hybridized carbons (Fsp3) is 0.438. The summed E-state index contributed by atoms with van der Waals surface area (Å²) in [5, 5.41) is 8.88. The molecule has 1 aromatic carbocycles. The minimum absolute atomic E-state index is 0.0320. The van der Waals surface area contributed by atoms with Crippen LogP contribution >= 0.6 is 0 Å². The Balaban J connectivity index is 1.85. The highest BCUT2D eigenvalue weighted by atomic mass is 16.4. The lowest BCUT2D eigenvalue weighted by atomic mass is 10.1. The molecule has 6 nitrogen and oxygen atoms in total. The first-order valence-electron chi connectivity index (χ1n) is 7.32. The Kier molecular flexibility index (Phi) is 5.14. The van der Waals surface area contributed by atoms with Gasteiger partial charge in [0, 0.05) is 26.2 Å². The van der Waals surface area contributed by atoms with Gasteiger partial charge in [-0.05, 0) is 12.5 Å². The Hall–Kier alpha value is -2.37. The van der Waals surface area contributed by atoms with Crippen LogP contribution < -0.4 is 0 Å². The third-order valence-corrected chi connectivity index (χ3v) is 3.88. The Morgan fingerprint density at radius 2 is 1.59 bits per heavy atom. The summed E-state index contributed by atoms with van der Waals surface area (Å²) in [6.07, 6.45) is 0.348. The van der Waals surface area contributed by atoms with E-state index in [-0.39, 0.29) is 11.8 Å². The first-order chi connectivity index (χ1) is 10.5. The van der Waals surface area contributed by atoms with E-state index in [9.17, 15) is 14.4 Å². The van der Waals surface area contributed by atoms with Crippen LogP contribution in [0.15, 0.2) is 30.3 Å². The maximum absolute atomic E-state index is 12.2. The number of amides is 2. The van der Waals surface area contributed by atoms with Crippen LogP contribution in [0.3, 0.4) is 0 Å². The van der Waals surface area contributed by atoms with Crippen molar-refractivity contribution in [2.45, 2.75) is 13.3 Å². The fourth-order valence-corrected chi connectivity index (χ4v) is 2.44. The van der Waals surface area contributed by atoms with E-state index < -0.39 is 11.9 Å². The van der Waals surface area contributed by atoms with Crippen molar-refractivity contribution in [2.24, 2.45) is 5.92 Å². The van der Waals surface area contributed by atoms with Crippen molar-refractivity contribution in [2.75, 3.05) is 26.2 Å². The highest BCUT2D eigenvalue weighted by molar-refractivity contribution is 5.96. The van der Waals surface area contributed by atoms with Crippen molar-refractivity contribution in [1.82, 2.24) is 9.80 Å². The van der Waals surface area contributed by atoms with Gasteiger partial charge in [0.2, 0.25) is 11.8 Å². The number of carboxylic acid groups (broad SMARTS) is 1. The summed E-state index contributed by atoms with van der Waals surface area (Å²) in [7, 11) is 0. The summed E-state index contributed by atoms with van der Waals surface area (Å²) in [6, 6.07) is 9.51. The number of nitrogens with zero attached hydrogens (tertiary/aromatic N) is 2. The van der Waals surface area contributed by atoms with Gasteiger partial charge in [0.25, 0.3) is 0 Å². The zero-order valence-corrected chi connectivity index (χ0v) is 12.6. The number of hydrogen-bond acceptors (Lipinski definition) is 3. The molecule has 1 fully saturated rings. The molecule has 2 amide bonds. The Morgan fingerprint density at radius 1 is 1.05 bits per heavy atom. The summed E-state index contributed by atoms with van der Waals surface area (Å²) in [5.74, 6) is -2.51. The van der Waals surface area contributed by atoms with Gasteiger partial charge < -0.3 is 14.9 Å². The number of benzene rings is 1. The van der Waals surface area contributed by atoms with Crippen molar-refractivity contribution < 1.29 is 19.5 Å². The van der Waals surface area contributed by atoms with E-state index in [1.165, 1.54) is 11.8 Å². The van der Waals surface area contributed by atoms with Gasteiger partial charge in [0.05, 0.1) is 6.42 Å². The Labute approximate surface area is 129 Å². The monoisotopic (exact) mass is 304 g/mol. The maximum atomic E-state index is 12.2. The van der Waals surface area contributed by atoms with Gasteiger partial charge >= 0.3 is 5.97 Å². The van der Waals surface area contributed by atoms with Crippen LogP contribution in [-0.2, 0) is 20.8 Å². The SMILES string of the molecule is CC(C(=O)O)C(=O)N1CCN(C(=O)Cc2ccccc2)CC1. The number of rotatable bonds is 4. The summed E-state index contributed by atoms with van der Waals surface area (Å²) in [6.45, 7) is 3.05. The topological polar surface area (TPSA) is 77.9 Å². The van der Waals surface area contributed by atoms with Gasteiger partial charge in [0.15, 0.2) is 0 Å². The number of piperazine rings is 1. The fourth-order valence-electron chi connectivity index (χ4n) is 2.44. The van der Waals surface area contributed by atoms with Crippen molar-refractivity contribution in [1.29, 1.82) is 0 Å². The molecular formula is C16H20N2O4. The van der Waals surface area contributed by atoms with Crippen LogP contribution in [0.5, 0.6) is 0 Å². The molecule has 1 aromatic rings. The third kappa shape index (κ3) is 3.84. The van der Waals surface area contributed by atoms with E-state index >= 15 is 0 Å². The molecule has 0 radical (unpaired) electrons. The molecule has 1 heterocycles. The van der Waals surface area contributed by atoms with E-state index in [0.717, 1.165) is 5.56 Å². The third-order valence-electron chi connectivity index (χ3n) is 3.88. The van der Waals surface area contributed by atoms with E-state index in [1.54, 1.807) is 4.90 Å². The van der Waals surface area contributed by atoms with Gasteiger partial charge in [-0.25, -0.2) is 0 Å². The largest absolute Gasteiger partial charge is 0.481 e. The summed E-state index contributed by atoms with van der Waals surface area (Å²) in [4.78, 5) is 38.3. The van der Waals surface area contributed by atoms with Gasteiger partial charge in [0.1, 0.15) is 5.92 Å². The van der Waals surface area contributed by atoms with Crippen molar-refractivity contribution in [3.63, 3.8) is 0 Å². The Morgan fingerprint density at radius 3 is 2.14 bits per heavy atom. The first kappa shape index (κ1) is 16.0. The van der Waals surface area contributed by atoms with E-state index in [2.05, 4.69) is 0 Å². The minimum atomic E-state index is -1.12. The summed E-state index contributed by atoms with van der Waals surface area (Å²) >= 11 is 0. The highest BCUT2D eigenvalue weighted by Crippen LogP contribution is 2.10. The molecule has 22 heavy (non-hydrogen) atoms. The normalized spacial score (nSPS) is 16.2. The van der Waals surface area contributed by atoms with Crippen LogP contribution in [0.4, 0.5) is 0 Å². The number of carboxylic acids is 1. The smallest absolute Gasteiger partial charge is 0.315 e. The number of carbonyl (C=O) groups excluding carboxylic acids is 2. The van der Waals surface area contributed by atoms with Gasteiger partial charge in [-0.3, -0.25) is 14.4 Å². The second kappa shape index (κ2) is 7.06. The van der Waals surface area contributed by atoms with E-state index in [0.29, 0.717) is 32.6 Å². The molecular weight excluding hydrogens is 284 g/mol. The molecule has 118 valence electrons. The molecule has 1 saturated heterocycles. The molecule has 1 aliphatic rings. The minimum Gasteiger partial charge on any atom is -0.481 e. The lowest BCUT2D eigenvalue weighted by molar-refractivity contribution is -0.152. The van der Waals surface area contributed by atoms with E-state index in [4.69, 9.17) is 5.11 Å². The molecule has 2 rings (SSSR count). The van der Waals surface area contributed by atoms with Crippen LogP contribution in [0.25, 0.3) is 0 Å². The van der Waals surface area contributed by atoms with Gasteiger partial charge in [-0.1, -0.05) is 30.3 Å². The van der Waals surface area contributed by atoms with Gasteiger partial charge in [-0.2, -0.15) is 0 Å². The van der Waals surface area contributed by atoms with Crippen LogP contribution in [0, 0.1) is 5.92 Å². The molecule has 0 bridgehead atoms. The quantitative estimate of drug-likeness (QED) is 0.827. The lowest BCUT2D eigenvalue weighted by Crippen LogP contribution is -2.52. The highest BCUT2D eigenvalue weighted by Gasteiger charge is 2.29. The van der Waals surface area contributed by atoms with Crippen molar-refractivity contribution in [3.05, 3.63) is 35.9 Å². The van der Waals surface area contributed by atoms with Crippen LogP contribution in [0.2, 0.25) is 0 Å². The average Bonchev–Trinajstić information content (AvgIpc) is 2.54. The molecule has 1 atom stereocenters. The molecule has 0 saturated carbocycles. The predicted octanol–water partition coefficient (Wildman–Crippen LogP) is 0.621. The van der Waals surface area contributed by atoms with Crippen molar-refractivity contribution in [3.8, 4) is 0 Å².